The molecule has 2 aliphatic heterocycles. The van der Waals surface area contributed by atoms with Crippen molar-refractivity contribution in [3.63, 3.8) is 0 Å². The summed E-state index contributed by atoms with van der Waals surface area (Å²) < 4.78 is 0. The first-order valence-corrected chi connectivity index (χ1v) is 9.17. The first-order valence-electron chi connectivity index (χ1n) is 8.79. The SMILES string of the molecule is CC(C)c1ncc(Cl)c(C(=O)N2CCCC(N3CCNCC3=O)C2)n1. The van der Waals surface area contributed by atoms with Crippen molar-refractivity contribution in [2.75, 3.05) is 32.7 Å². The predicted molar refractivity (Wildman–Crippen MR) is 94.6 cm³/mol. The average molecular weight is 366 g/mol. The normalized spacial score (nSPS) is 21.8. The Kier molecular flexibility index (Phi) is 5.54. The van der Waals surface area contributed by atoms with Gasteiger partial charge in [-0.2, -0.15) is 0 Å². The van der Waals surface area contributed by atoms with Crippen LogP contribution in [0.25, 0.3) is 0 Å². The van der Waals surface area contributed by atoms with Gasteiger partial charge in [0.15, 0.2) is 5.69 Å². The monoisotopic (exact) mass is 365 g/mol. The second kappa shape index (κ2) is 7.66. The van der Waals surface area contributed by atoms with Crippen molar-refractivity contribution in [3.05, 3.63) is 22.7 Å². The fourth-order valence-corrected chi connectivity index (χ4v) is 3.53. The van der Waals surface area contributed by atoms with E-state index in [1.165, 1.54) is 6.20 Å². The Labute approximate surface area is 152 Å². The quantitative estimate of drug-likeness (QED) is 0.873. The van der Waals surface area contributed by atoms with Gasteiger partial charge in [0, 0.05) is 38.1 Å². The van der Waals surface area contributed by atoms with E-state index < -0.39 is 0 Å². The summed E-state index contributed by atoms with van der Waals surface area (Å²) in [6.45, 7) is 7.01. The Morgan fingerprint density at radius 2 is 2.20 bits per heavy atom. The molecule has 0 spiro atoms. The summed E-state index contributed by atoms with van der Waals surface area (Å²) in [5.41, 5.74) is 0.257. The zero-order valence-electron chi connectivity index (χ0n) is 14.7. The van der Waals surface area contributed by atoms with Crippen molar-refractivity contribution in [2.24, 2.45) is 0 Å². The molecule has 1 atom stereocenters. The maximum absolute atomic E-state index is 12.9. The van der Waals surface area contributed by atoms with E-state index in [4.69, 9.17) is 11.6 Å². The van der Waals surface area contributed by atoms with Gasteiger partial charge in [0.2, 0.25) is 5.91 Å². The van der Waals surface area contributed by atoms with Gasteiger partial charge in [0.25, 0.3) is 5.91 Å². The molecule has 7 nitrogen and oxygen atoms in total. The second-order valence-electron chi connectivity index (χ2n) is 6.89. The molecule has 3 rings (SSSR count). The first-order chi connectivity index (χ1) is 12.0. The lowest BCUT2D eigenvalue weighted by Gasteiger charge is -2.41. The molecule has 1 aromatic heterocycles. The fraction of sp³-hybridized carbons (Fsp3) is 0.647. The first kappa shape index (κ1) is 18.1. The Balaban J connectivity index is 1.76. The van der Waals surface area contributed by atoms with Gasteiger partial charge in [-0.3, -0.25) is 9.59 Å². The molecule has 1 N–H and O–H groups in total. The lowest BCUT2D eigenvalue weighted by atomic mass is 10.0. The third kappa shape index (κ3) is 3.93. The number of aromatic nitrogens is 2. The molecule has 2 saturated heterocycles. The highest BCUT2D eigenvalue weighted by atomic mass is 35.5. The maximum Gasteiger partial charge on any atom is 0.274 e. The molecule has 0 radical (unpaired) electrons. The molecule has 0 saturated carbocycles. The second-order valence-corrected chi connectivity index (χ2v) is 7.30. The molecule has 8 heteroatoms. The molecule has 25 heavy (non-hydrogen) atoms. The van der Waals surface area contributed by atoms with Crippen molar-refractivity contribution in [1.29, 1.82) is 0 Å². The Hall–Kier alpha value is -1.73. The summed E-state index contributed by atoms with van der Waals surface area (Å²) in [7, 11) is 0. The van der Waals surface area contributed by atoms with E-state index in [0.717, 1.165) is 19.4 Å². The molecule has 136 valence electrons. The fourth-order valence-electron chi connectivity index (χ4n) is 3.36. The molecule has 2 aliphatic rings. The number of rotatable bonds is 3. The highest BCUT2D eigenvalue weighted by Gasteiger charge is 2.33. The average Bonchev–Trinajstić information content (AvgIpc) is 2.62. The van der Waals surface area contributed by atoms with Gasteiger partial charge >= 0.3 is 0 Å². The highest BCUT2D eigenvalue weighted by Crippen LogP contribution is 2.22. The molecule has 0 aliphatic carbocycles. The Morgan fingerprint density at radius 1 is 1.40 bits per heavy atom. The van der Waals surface area contributed by atoms with E-state index in [2.05, 4.69) is 15.3 Å². The summed E-state index contributed by atoms with van der Waals surface area (Å²) >= 11 is 6.18. The van der Waals surface area contributed by atoms with Gasteiger partial charge in [-0.15, -0.1) is 0 Å². The smallest absolute Gasteiger partial charge is 0.274 e. The van der Waals surface area contributed by atoms with Crippen LogP contribution < -0.4 is 5.32 Å². The molecule has 2 fully saturated rings. The third-order valence-electron chi connectivity index (χ3n) is 4.73. The number of carbonyl (C=O) groups excluding carboxylic acids is 2. The summed E-state index contributed by atoms with van der Waals surface area (Å²) in [6, 6.07) is 0.0671. The van der Waals surface area contributed by atoms with Crippen LogP contribution in [-0.4, -0.2) is 70.3 Å². The van der Waals surface area contributed by atoms with Gasteiger partial charge in [0.1, 0.15) is 5.82 Å². The topological polar surface area (TPSA) is 78.4 Å². The van der Waals surface area contributed by atoms with Crippen LogP contribution in [0.5, 0.6) is 0 Å². The number of piperazine rings is 1. The zero-order valence-corrected chi connectivity index (χ0v) is 15.4. The van der Waals surface area contributed by atoms with Gasteiger partial charge in [0.05, 0.1) is 17.8 Å². The van der Waals surface area contributed by atoms with E-state index in [1.54, 1.807) is 4.90 Å². The van der Waals surface area contributed by atoms with Crippen LogP contribution in [0.1, 0.15) is 48.9 Å². The summed E-state index contributed by atoms with van der Waals surface area (Å²) in [6.07, 6.45) is 3.29. The van der Waals surface area contributed by atoms with E-state index in [9.17, 15) is 9.59 Å². The minimum Gasteiger partial charge on any atom is -0.336 e. The molecule has 1 aromatic rings. The van der Waals surface area contributed by atoms with Gasteiger partial charge in [-0.25, -0.2) is 9.97 Å². The van der Waals surface area contributed by atoms with Crippen molar-refractivity contribution < 1.29 is 9.59 Å². The summed E-state index contributed by atoms with van der Waals surface area (Å²) in [5.74, 6) is 0.657. The number of likely N-dealkylation sites (tertiary alicyclic amines) is 1. The number of nitrogens with zero attached hydrogens (tertiary/aromatic N) is 4. The van der Waals surface area contributed by atoms with E-state index in [1.807, 2.05) is 18.7 Å². The van der Waals surface area contributed by atoms with Crippen LogP contribution in [0.15, 0.2) is 6.20 Å². The predicted octanol–water partition coefficient (Wildman–Crippen LogP) is 1.29. The van der Waals surface area contributed by atoms with Crippen molar-refractivity contribution in [1.82, 2.24) is 25.1 Å². The highest BCUT2D eigenvalue weighted by molar-refractivity contribution is 6.33. The largest absolute Gasteiger partial charge is 0.336 e. The molecule has 3 heterocycles. The summed E-state index contributed by atoms with van der Waals surface area (Å²) in [5, 5.41) is 3.35. The van der Waals surface area contributed by atoms with E-state index >= 15 is 0 Å². The molecule has 1 unspecified atom stereocenters. The van der Waals surface area contributed by atoms with Gasteiger partial charge in [-0.1, -0.05) is 25.4 Å². The Morgan fingerprint density at radius 3 is 2.92 bits per heavy atom. The van der Waals surface area contributed by atoms with E-state index in [-0.39, 0.29) is 34.5 Å². The molecule has 0 bridgehead atoms. The van der Waals surface area contributed by atoms with Crippen LogP contribution in [0, 0.1) is 0 Å². The molecule has 2 amide bonds. The van der Waals surface area contributed by atoms with Crippen molar-refractivity contribution >= 4 is 23.4 Å². The lowest BCUT2D eigenvalue weighted by molar-refractivity contribution is -0.135. The number of hydrogen-bond donors (Lipinski definition) is 1. The van der Waals surface area contributed by atoms with Crippen LogP contribution in [0.2, 0.25) is 5.02 Å². The number of carbonyl (C=O) groups is 2. The molecular formula is C17H24ClN5O2. The summed E-state index contributed by atoms with van der Waals surface area (Å²) in [4.78, 5) is 37.3. The standard InChI is InChI=1S/C17H24ClN5O2/c1-11(2)16-20-8-13(18)15(21-16)17(25)22-6-3-4-12(10-22)23-7-5-19-9-14(23)24/h8,11-12,19H,3-7,9-10H2,1-2H3. The lowest BCUT2D eigenvalue weighted by Crippen LogP contribution is -2.57. The van der Waals surface area contributed by atoms with Crippen LogP contribution in [0.3, 0.4) is 0 Å². The van der Waals surface area contributed by atoms with Gasteiger partial charge in [-0.05, 0) is 12.8 Å². The number of nitrogens with one attached hydrogen (secondary N) is 1. The van der Waals surface area contributed by atoms with Crippen molar-refractivity contribution in [2.45, 2.75) is 38.6 Å². The maximum atomic E-state index is 12.9. The molecule has 0 aromatic carbocycles. The van der Waals surface area contributed by atoms with Crippen LogP contribution in [0.4, 0.5) is 0 Å². The number of amides is 2. The van der Waals surface area contributed by atoms with Crippen LogP contribution in [-0.2, 0) is 4.79 Å². The van der Waals surface area contributed by atoms with Gasteiger partial charge < -0.3 is 15.1 Å². The Bertz CT molecular complexity index is 666. The minimum absolute atomic E-state index is 0.0671. The number of halogens is 1. The number of hydrogen-bond acceptors (Lipinski definition) is 5. The third-order valence-corrected chi connectivity index (χ3v) is 5.01. The van der Waals surface area contributed by atoms with E-state index in [0.29, 0.717) is 32.0 Å². The minimum atomic E-state index is -0.179. The molecular weight excluding hydrogens is 342 g/mol. The van der Waals surface area contributed by atoms with Crippen LogP contribution >= 0.6 is 11.6 Å². The number of piperidine rings is 1. The zero-order chi connectivity index (χ0) is 18.0. The van der Waals surface area contributed by atoms with Crippen molar-refractivity contribution in [3.8, 4) is 0 Å².